The molecule has 2 rings (SSSR count). The van der Waals surface area contributed by atoms with E-state index >= 15 is 0 Å². The second-order valence-electron chi connectivity index (χ2n) is 3.15. The first-order chi connectivity index (χ1) is 6.77. The average Bonchev–Trinajstić information content (AvgIpc) is 2.59. The smallest absolute Gasteiger partial charge is 0.0591 e. The van der Waals surface area contributed by atoms with Crippen LogP contribution in [0.4, 0.5) is 0 Å². The Labute approximate surface area is 101 Å². The standard InChI is InChI=1S/C11H10BrClS/c1-2-8-7(5-12)3-4-9-10(13)6-14-11(8)9/h3-4,6H,2,5H2,1H3. The van der Waals surface area contributed by atoms with Crippen molar-refractivity contribution in [3.05, 3.63) is 33.7 Å². The number of thiophene rings is 1. The monoisotopic (exact) mass is 288 g/mol. The molecule has 0 radical (unpaired) electrons. The predicted molar refractivity (Wildman–Crippen MR) is 68.8 cm³/mol. The molecule has 0 saturated carbocycles. The van der Waals surface area contributed by atoms with Crippen LogP contribution in [0.25, 0.3) is 10.1 Å². The molecule has 0 aliphatic heterocycles. The van der Waals surface area contributed by atoms with E-state index in [1.54, 1.807) is 11.3 Å². The maximum Gasteiger partial charge on any atom is 0.0591 e. The SMILES string of the molecule is CCc1c(CBr)ccc2c(Cl)csc12. The summed E-state index contributed by atoms with van der Waals surface area (Å²) in [4.78, 5) is 0. The van der Waals surface area contributed by atoms with Gasteiger partial charge in [0.1, 0.15) is 0 Å². The van der Waals surface area contributed by atoms with Gasteiger partial charge >= 0.3 is 0 Å². The molecule has 0 bridgehead atoms. The van der Waals surface area contributed by atoms with Crippen LogP contribution < -0.4 is 0 Å². The number of alkyl halides is 1. The van der Waals surface area contributed by atoms with Crippen LogP contribution in [0.3, 0.4) is 0 Å². The summed E-state index contributed by atoms with van der Waals surface area (Å²) in [5, 5.41) is 5.00. The van der Waals surface area contributed by atoms with E-state index < -0.39 is 0 Å². The van der Waals surface area contributed by atoms with Gasteiger partial charge < -0.3 is 0 Å². The largest absolute Gasteiger partial charge is 0.142 e. The number of hydrogen-bond donors (Lipinski definition) is 0. The number of halogens is 2. The summed E-state index contributed by atoms with van der Waals surface area (Å²) in [5.74, 6) is 0. The number of fused-ring (bicyclic) bond motifs is 1. The molecule has 74 valence electrons. The summed E-state index contributed by atoms with van der Waals surface area (Å²) < 4.78 is 1.34. The third-order valence-electron chi connectivity index (χ3n) is 2.39. The Hall–Kier alpha value is -0.0500. The highest BCUT2D eigenvalue weighted by Gasteiger charge is 2.09. The van der Waals surface area contributed by atoms with E-state index in [9.17, 15) is 0 Å². The van der Waals surface area contributed by atoms with Gasteiger partial charge in [0.15, 0.2) is 0 Å². The molecule has 0 spiro atoms. The van der Waals surface area contributed by atoms with Gasteiger partial charge in [-0.3, -0.25) is 0 Å². The van der Waals surface area contributed by atoms with Gasteiger partial charge in [0.25, 0.3) is 0 Å². The van der Waals surface area contributed by atoms with Gasteiger partial charge in [0.2, 0.25) is 0 Å². The first kappa shape index (κ1) is 10.5. The molecule has 1 aromatic heterocycles. The Kier molecular flexibility index (Phi) is 3.15. The molecule has 3 heteroatoms. The second kappa shape index (κ2) is 4.21. The van der Waals surface area contributed by atoms with Crippen LogP contribution in [0, 0.1) is 0 Å². The quantitative estimate of drug-likeness (QED) is 0.682. The fraction of sp³-hybridized carbons (Fsp3) is 0.273. The summed E-state index contributed by atoms with van der Waals surface area (Å²) in [6, 6.07) is 4.28. The van der Waals surface area contributed by atoms with E-state index in [1.807, 2.05) is 5.38 Å². The molecular weight excluding hydrogens is 280 g/mol. The summed E-state index contributed by atoms with van der Waals surface area (Å²) in [7, 11) is 0. The third-order valence-corrected chi connectivity index (χ3v) is 4.49. The van der Waals surface area contributed by atoms with Gasteiger partial charge in [-0.2, -0.15) is 0 Å². The average molecular weight is 290 g/mol. The maximum atomic E-state index is 6.10. The third kappa shape index (κ3) is 1.60. The molecule has 0 unspecified atom stereocenters. The van der Waals surface area contributed by atoms with Crippen molar-refractivity contribution < 1.29 is 0 Å². The Morgan fingerprint density at radius 3 is 2.86 bits per heavy atom. The summed E-state index contributed by atoms with van der Waals surface area (Å²) in [5.41, 5.74) is 2.80. The van der Waals surface area contributed by atoms with Crippen molar-refractivity contribution >= 4 is 49.0 Å². The molecule has 2 aromatic rings. The molecule has 0 N–H and O–H groups in total. The minimum atomic E-state index is 0.876. The highest BCUT2D eigenvalue weighted by Crippen LogP contribution is 2.34. The van der Waals surface area contributed by atoms with Crippen LogP contribution >= 0.6 is 38.9 Å². The van der Waals surface area contributed by atoms with Crippen molar-refractivity contribution in [2.24, 2.45) is 0 Å². The first-order valence-electron chi connectivity index (χ1n) is 4.51. The van der Waals surface area contributed by atoms with Gasteiger partial charge in [0, 0.05) is 20.8 Å². The van der Waals surface area contributed by atoms with Gasteiger partial charge in [0.05, 0.1) is 5.02 Å². The van der Waals surface area contributed by atoms with E-state index in [0.717, 1.165) is 16.8 Å². The van der Waals surface area contributed by atoms with Gasteiger partial charge in [-0.15, -0.1) is 11.3 Å². The molecule has 0 nitrogen and oxygen atoms in total. The molecule has 1 heterocycles. The van der Waals surface area contributed by atoms with E-state index in [-0.39, 0.29) is 0 Å². The lowest BCUT2D eigenvalue weighted by atomic mass is 10.0. The fourth-order valence-electron chi connectivity index (χ4n) is 1.68. The zero-order valence-electron chi connectivity index (χ0n) is 7.81. The van der Waals surface area contributed by atoms with E-state index in [4.69, 9.17) is 11.6 Å². The predicted octanol–water partition coefficient (Wildman–Crippen LogP) is 5.01. The highest BCUT2D eigenvalue weighted by molar-refractivity contribution is 9.08. The molecule has 0 saturated heterocycles. The number of benzene rings is 1. The second-order valence-corrected chi connectivity index (χ2v) is 5.00. The maximum absolute atomic E-state index is 6.10. The molecule has 0 amide bonds. The highest BCUT2D eigenvalue weighted by atomic mass is 79.9. The van der Waals surface area contributed by atoms with Crippen LogP contribution in [-0.2, 0) is 11.8 Å². The molecule has 0 atom stereocenters. The molecule has 0 fully saturated rings. The minimum Gasteiger partial charge on any atom is -0.142 e. The Morgan fingerprint density at radius 1 is 1.43 bits per heavy atom. The summed E-state index contributed by atoms with van der Waals surface area (Å²) in [6.07, 6.45) is 1.06. The van der Waals surface area contributed by atoms with E-state index in [1.165, 1.54) is 21.2 Å². The normalized spacial score (nSPS) is 11.1. The molecular formula is C11H10BrClS. The molecule has 0 aliphatic carbocycles. The van der Waals surface area contributed by atoms with E-state index in [0.29, 0.717) is 0 Å². The Balaban J connectivity index is 2.77. The molecule has 0 aliphatic rings. The minimum absolute atomic E-state index is 0.876. The van der Waals surface area contributed by atoms with Crippen molar-refractivity contribution in [2.75, 3.05) is 0 Å². The van der Waals surface area contributed by atoms with Crippen molar-refractivity contribution in [2.45, 2.75) is 18.7 Å². The Bertz CT molecular complexity index is 462. The zero-order chi connectivity index (χ0) is 10.1. The lowest BCUT2D eigenvalue weighted by Crippen LogP contribution is -1.88. The topological polar surface area (TPSA) is 0 Å². The van der Waals surface area contributed by atoms with Crippen LogP contribution in [0.2, 0.25) is 5.02 Å². The molecule has 1 aromatic carbocycles. The van der Waals surface area contributed by atoms with Gasteiger partial charge in [-0.25, -0.2) is 0 Å². The van der Waals surface area contributed by atoms with Crippen molar-refractivity contribution in [1.29, 1.82) is 0 Å². The molecule has 14 heavy (non-hydrogen) atoms. The lowest BCUT2D eigenvalue weighted by Gasteiger charge is -2.05. The first-order valence-corrected chi connectivity index (χ1v) is 6.89. The zero-order valence-corrected chi connectivity index (χ0v) is 11.0. The summed E-state index contributed by atoms with van der Waals surface area (Å²) in [6.45, 7) is 2.19. The van der Waals surface area contributed by atoms with Gasteiger partial charge in [-0.05, 0) is 17.5 Å². The number of aryl methyl sites for hydroxylation is 1. The number of hydrogen-bond acceptors (Lipinski definition) is 1. The van der Waals surface area contributed by atoms with Crippen LogP contribution in [0.15, 0.2) is 17.5 Å². The van der Waals surface area contributed by atoms with Gasteiger partial charge in [-0.1, -0.05) is 46.6 Å². The van der Waals surface area contributed by atoms with Crippen molar-refractivity contribution in [3.8, 4) is 0 Å². The van der Waals surface area contributed by atoms with Crippen molar-refractivity contribution in [3.63, 3.8) is 0 Å². The fourth-order valence-corrected chi connectivity index (χ4v) is 3.62. The van der Waals surface area contributed by atoms with Crippen molar-refractivity contribution in [1.82, 2.24) is 0 Å². The van der Waals surface area contributed by atoms with E-state index in [2.05, 4.69) is 35.0 Å². The van der Waals surface area contributed by atoms with Crippen LogP contribution in [0.5, 0.6) is 0 Å². The van der Waals surface area contributed by atoms with Crippen LogP contribution in [-0.4, -0.2) is 0 Å². The lowest BCUT2D eigenvalue weighted by molar-refractivity contribution is 1.13. The Morgan fingerprint density at radius 2 is 2.21 bits per heavy atom. The van der Waals surface area contributed by atoms with Crippen LogP contribution in [0.1, 0.15) is 18.1 Å². The summed E-state index contributed by atoms with van der Waals surface area (Å²) >= 11 is 11.4. The number of rotatable bonds is 2.